The van der Waals surface area contributed by atoms with Crippen LogP contribution < -0.4 is 15.4 Å². The van der Waals surface area contributed by atoms with E-state index in [0.29, 0.717) is 17.1 Å². The Kier molecular flexibility index (Phi) is 4.06. The molecule has 0 radical (unpaired) electrons. The highest BCUT2D eigenvalue weighted by Gasteiger charge is 2.21. The number of benzene rings is 1. The summed E-state index contributed by atoms with van der Waals surface area (Å²) >= 11 is 0. The summed E-state index contributed by atoms with van der Waals surface area (Å²) in [6.07, 6.45) is -0.422. The normalized spacial score (nSPS) is 10.9. The average molecular weight is 252 g/mol. The van der Waals surface area contributed by atoms with Crippen molar-refractivity contribution in [1.29, 1.82) is 0 Å². The quantitative estimate of drug-likeness (QED) is 0.822. The van der Waals surface area contributed by atoms with E-state index in [-0.39, 0.29) is 0 Å². The monoisotopic (exact) mass is 252 g/mol. The van der Waals surface area contributed by atoms with E-state index in [9.17, 15) is 4.79 Å². The summed E-state index contributed by atoms with van der Waals surface area (Å²) in [6.45, 7) is 5.47. The van der Waals surface area contributed by atoms with Crippen LogP contribution in [0.15, 0.2) is 18.2 Å². The molecule has 1 aromatic carbocycles. The Morgan fingerprint density at radius 1 is 1.33 bits per heavy atom. The molecule has 0 aliphatic carbocycles. The number of nitrogens with two attached hydrogens (primary N) is 1. The molecule has 0 unspecified atom stereocenters. The average Bonchev–Trinajstić information content (AvgIpc) is 2.26. The predicted molar refractivity (Wildman–Crippen MR) is 72.0 cm³/mol. The molecule has 18 heavy (non-hydrogen) atoms. The van der Waals surface area contributed by atoms with E-state index in [1.807, 2.05) is 20.8 Å². The maximum Gasteiger partial charge on any atom is 0.414 e. The van der Waals surface area contributed by atoms with Crippen molar-refractivity contribution >= 4 is 17.5 Å². The van der Waals surface area contributed by atoms with Crippen LogP contribution >= 0.6 is 0 Å². The van der Waals surface area contributed by atoms with Crippen LogP contribution in [0.4, 0.5) is 16.2 Å². The van der Waals surface area contributed by atoms with E-state index in [4.69, 9.17) is 15.2 Å². The highest BCUT2D eigenvalue weighted by atomic mass is 16.6. The summed E-state index contributed by atoms with van der Waals surface area (Å²) in [6, 6.07) is 5.12. The molecule has 0 aliphatic rings. The van der Waals surface area contributed by atoms with Gasteiger partial charge in [-0.1, -0.05) is 0 Å². The number of rotatable bonds is 2. The van der Waals surface area contributed by atoms with Gasteiger partial charge in [0.25, 0.3) is 0 Å². The van der Waals surface area contributed by atoms with Crippen LogP contribution in [-0.2, 0) is 4.74 Å². The molecule has 5 nitrogen and oxygen atoms in total. The SMILES string of the molecule is COc1cc(N(C)C(=O)OC(C)(C)C)ccc1N. The van der Waals surface area contributed by atoms with Gasteiger partial charge in [0.15, 0.2) is 0 Å². The first kappa shape index (κ1) is 14.2. The minimum Gasteiger partial charge on any atom is -0.495 e. The number of hydrogen-bond acceptors (Lipinski definition) is 4. The molecule has 0 aromatic heterocycles. The standard InChI is InChI=1S/C13H20N2O3/c1-13(2,3)18-12(16)15(4)9-6-7-10(14)11(8-9)17-5/h6-8H,14H2,1-5H3. The number of carbonyl (C=O) groups excluding carboxylic acids is 1. The first-order valence-electron chi connectivity index (χ1n) is 5.65. The second-order valence-corrected chi connectivity index (χ2v) is 4.97. The number of ether oxygens (including phenoxy) is 2. The fourth-order valence-electron chi connectivity index (χ4n) is 1.34. The summed E-state index contributed by atoms with van der Waals surface area (Å²) in [5.41, 5.74) is 6.38. The van der Waals surface area contributed by atoms with Gasteiger partial charge in [-0.05, 0) is 32.9 Å². The molecule has 0 atom stereocenters. The second-order valence-electron chi connectivity index (χ2n) is 4.97. The van der Waals surface area contributed by atoms with Gasteiger partial charge in [0.05, 0.1) is 18.5 Å². The van der Waals surface area contributed by atoms with Crippen molar-refractivity contribution in [2.75, 3.05) is 24.8 Å². The zero-order valence-corrected chi connectivity index (χ0v) is 11.5. The van der Waals surface area contributed by atoms with E-state index >= 15 is 0 Å². The van der Waals surface area contributed by atoms with Crippen molar-refractivity contribution in [2.45, 2.75) is 26.4 Å². The Labute approximate surface area is 107 Å². The molecule has 1 aromatic rings. The summed E-state index contributed by atoms with van der Waals surface area (Å²) in [5, 5.41) is 0. The second kappa shape index (κ2) is 5.16. The molecule has 100 valence electrons. The third-order valence-electron chi connectivity index (χ3n) is 2.27. The Bertz CT molecular complexity index is 438. The minimum atomic E-state index is -0.525. The Balaban J connectivity index is 2.90. The number of anilines is 2. The summed E-state index contributed by atoms with van der Waals surface area (Å²) < 4.78 is 10.4. The van der Waals surface area contributed by atoms with Crippen molar-refractivity contribution in [2.24, 2.45) is 0 Å². The van der Waals surface area contributed by atoms with Gasteiger partial charge in [0.2, 0.25) is 0 Å². The van der Waals surface area contributed by atoms with E-state index in [1.54, 1.807) is 25.2 Å². The van der Waals surface area contributed by atoms with Gasteiger partial charge in [-0.15, -0.1) is 0 Å². The van der Waals surface area contributed by atoms with Crippen molar-refractivity contribution in [3.05, 3.63) is 18.2 Å². The molecule has 0 saturated heterocycles. The highest BCUT2D eigenvalue weighted by Crippen LogP contribution is 2.27. The van der Waals surface area contributed by atoms with Gasteiger partial charge < -0.3 is 15.2 Å². The van der Waals surface area contributed by atoms with Crippen molar-refractivity contribution in [3.63, 3.8) is 0 Å². The van der Waals surface area contributed by atoms with Gasteiger partial charge in [-0.3, -0.25) is 4.90 Å². The number of carbonyl (C=O) groups is 1. The first-order valence-corrected chi connectivity index (χ1v) is 5.65. The molecule has 1 rings (SSSR count). The highest BCUT2D eigenvalue weighted by molar-refractivity contribution is 5.88. The number of methoxy groups -OCH3 is 1. The third kappa shape index (κ3) is 3.55. The molecular weight excluding hydrogens is 232 g/mol. The first-order chi connectivity index (χ1) is 8.24. The van der Waals surface area contributed by atoms with Gasteiger partial charge >= 0.3 is 6.09 Å². The third-order valence-corrected chi connectivity index (χ3v) is 2.27. The largest absolute Gasteiger partial charge is 0.495 e. The maximum absolute atomic E-state index is 11.9. The van der Waals surface area contributed by atoms with Crippen molar-refractivity contribution in [1.82, 2.24) is 0 Å². The van der Waals surface area contributed by atoms with Crippen LogP contribution in [0.1, 0.15) is 20.8 Å². The molecule has 0 bridgehead atoms. The molecule has 2 N–H and O–H groups in total. The lowest BCUT2D eigenvalue weighted by atomic mass is 10.2. The smallest absolute Gasteiger partial charge is 0.414 e. The number of hydrogen-bond donors (Lipinski definition) is 1. The van der Waals surface area contributed by atoms with Crippen LogP contribution in [0.5, 0.6) is 5.75 Å². The zero-order chi connectivity index (χ0) is 13.9. The van der Waals surface area contributed by atoms with E-state index in [2.05, 4.69) is 0 Å². The molecule has 0 spiro atoms. The lowest BCUT2D eigenvalue weighted by Gasteiger charge is -2.25. The van der Waals surface area contributed by atoms with Crippen LogP contribution in [0.2, 0.25) is 0 Å². The summed E-state index contributed by atoms with van der Waals surface area (Å²) in [4.78, 5) is 13.3. The van der Waals surface area contributed by atoms with E-state index in [1.165, 1.54) is 12.0 Å². The predicted octanol–water partition coefficient (Wildman–Crippen LogP) is 2.65. The Morgan fingerprint density at radius 2 is 1.94 bits per heavy atom. The van der Waals surface area contributed by atoms with E-state index < -0.39 is 11.7 Å². The van der Waals surface area contributed by atoms with Crippen LogP contribution in [0.25, 0.3) is 0 Å². The molecule has 5 heteroatoms. The fraction of sp³-hybridized carbons (Fsp3) is 0.462. The summed E-state index contributed by atoms with van der Waals surface area (Å²) in [5.74, 6) is 0.530. The topological polar surface area (TPSA) is 64.8 Å². The lowest BCUT2D eigenvalue weighted by molar-refractivity contribution is 0.0589. The molecule has 0 saturated carbocycles. The van der Waals surface area contributed by atoms with E-state index in [0.717, 1.165) is 0 Å². The fourth-order valence-corrected chi connectivity index (χ4v) is 1.34. The molecule has 0 fully saturated rings. The maximum atomic E-state index is 11.9. The van der Waals surface area contributed by atoms with Gasteiger partial charge in [-0.2, -0.15) is 0 Å². The molecule has 0 aliphatic heterocycles. The van der Waals surface area contributed by atoms with Crippen LogP contribution in [-0.4, -0.2) is 25.9 Å². The summed E-state index contributed by atoms with van der Waals surface area (Å²) in [7, 11) is 3.17. The van der Waals surface area contributed by atoms with Crippen molar-refractivity contribution < 1.29 is 14.3 Å². The minimum absolute atomic E-state index is 0.422. The number of amides is 1. The zero-order valence-electron chi connectivity index (χ0n) is 11.5. The lowest BCUT2D eigenvalue weighted by Crippen LogP contribution is -2.34. The number of nitrogen functional groups attached to an aromatic ring is 1. The van der Waals surface area contributed by atoms with Crippen molar-refractivity contribution in [3.8, 4) is 5.75 Å². The van der Waals surface area contributed by atoms with Gasteiger partial charge in [-0.25, -0.2) is 4.79 Å². The van der Waals surface area contributed by atoms with Gasteiger partial charge in [0, 0.05) is 13.1 Å². The number of nitrogens with zero attached hydrogens (tertiary/aromatic N) is 1. The molecule has 1 amide bonds. The van der Waals surface area contributed by atoms with Crippen LogP contribution in [0, 0.1) is 0 Å². The Morgan fingerprint density at radius 3 is 2.44 bits per heavy atom. The van der Waals surface area contributed by atoms with Crippen LogP contribution in [0.3, 0.4) is 0 Å². The molecule has 0 heterocycles. The Hall–Kier alpha value is -1.91. The van der Waals surface area contributed by atoms with Gasteiger partial charge in [0.1, 0.15) is 11.4 Å². The molecular formula is C13H20N2O3.